The summed E-state index contributed by atoms with van der Waals surface area (Å²) in [6, 6.07) is 21.1. The maximum Gasteiger partial charge on any atom is 0.203 e. The first-order valence-electron chi connectivity index (χ1n) is 10.8. The van der Waals surface area contributed by atoms with Gasteiger partial charge in [-0.25, -0.2) is 0 Å². The quantitative estimate of drug-likeness (QED) is 0.314. The van der Waals surface area contributed by atoms with Crippen molar-refractivity contribution in [1.29, 1.82) is 5.41 Å². The maximum absolute atomic E-state index is 10.9. The van der Waals surface area contributed by atoms with E-state index in [9.17, 15) is 5.11 Å². The highest BCUT2D eigenvalue weighted by Gasteiger charge is 2.19. The van der Waals surface area contributed by atoms with Crippen LogP contribution in [0, 0.1) is 12.3 Å². The Balaban J connectivity index is 1.44. The average molecular weight is 495 g/mol. The second-order valence-electron chi connectivity index (χ2n) is 8.30. The first-order chi connectivity index (χ1) is 16.4. The second-order valence-corrected chi connectivity index (χ2v) is 9.11. The maximum atomic E-state index is 10.9. The highest BCUT2D eigenvalue weighted by Crippen LogP contribution is 2.27. The fourth-order valence-electron chi connectivity index (χ4n) is 4.08. The number of allylic oxidation sites excluding steroid dienone is 1. The van der Waals surface area contributed by atoms with Gasteiger partial charge in [-0.05, 0) is 48.9 Å². The summed E-state index contributed by atoms with van der Waals surface area (Å²) in [6.07, 6.45) is 1.14. The first kappa shape index (κ1) is 22.6. The second kappa shape index (κ2) is 9.19. The van der Waals surface area contributed by atoms with E-state index in [1.54, 1.807) is 18.2 Å². The van der Waals surface area contributed by atoms with Crippen LogP contribution in [-0.2, 0) is 13.1 Å². The van der Waals surface area contributed by atoms with Crippen molar-refractivity contribution in [2.45, 2.75) is 26.1 Å². The van der Waals surface area contributed by atoms with Crippen molar-refractivity contribution in [3.63, 3.8) is 0 Å². The van der Waals surface area contributed by atoms with Gasteiger partial charge in [-0.15, -0.1) is 5.53 Å². The number of imidazole rings is 1. The predicted octanol–water partition coefficient (Wildman–Crippen LogP) is 4.64. The van der Waals surface area contributed by atoms with E-state index in [2.05, 4.69) is 30.0 Å². The van der Waals surface area contributed by atoms with Gasteiger partial charge in [0.05, 0.1) is 51.7 Å². The van der Waals surface area contributed by atoms with Crippen LogP contribution in [0.15, 0.2) is 78.6 Å². The summed E-state index contributed by atoms with van der Waals surface area (Å²) in [7, 11) is 0. The third-order valence-corrected chi connectivity index (χ3v) is 6.66. The van der Waals surface area contributed by atoms with Gasteiger partial charge in [-0.1, -0.05) is 59.1 Å². The van der Waals surface area contributed by atoms with Gasteiger partial charge < -0.3 is 19.7 Å². The zero-order chi connectivity index (χ0) is 23.8. The Kier molecular flexibility index (Phi) is 6.10. The van der Waals surface area contributed by atoms with Crippen molar-refractivity contribution in [2.24, 2.45) is 0 Å². The van der Waals surface area contributed by atoms with Gasteiger partial charge in [0.1, 0.15) is 0 Å². The fourth-order valence-corrected chi connectivity index (χ4v) is 4.39. The zero-order valence-electron chi connectivity index (χ0n) is 18.5. The average Bonchev–Trinajstić information content (AvgIpc) is 3.40. The fraction of sp³-hybridized carbons (Fsp3) is 0.160. The van der Waals surface area contributed by atoms with Crippen LogP contribution >= 0.6 is 23.2 Å². The lowest BCUT2D eigenvalue weighted by atomic mass is 10.1. The smallest absolute Gasteiger partial charge is 0.203 e. The van der Waals surface area contributed by atoms with Crippen molar-refractivity contribution in [3.8, 4) is 0 Å². The molecule has 1 aliphatic rings. The molecule has 0 radical (unpaired) electrons. The van der Waals surface area contributed by atoms with Gasteiger partial charge in [0.2, 0.25) is 5.62 Å². The zero-order valence-corrected chi connectivity index (χ0v) is 20.0. The van der Waals surface area contributed by atoms with Crippen molar-refractivity contribution in [1.82, 2.24) is 20.1 Å². The molecule has 5 rings (SSSR count). The van der Waals surface area contributed by atoms with Gasteiger partial charge in [0.25, 0.3) is 0 Å². The third kappa shape index (κ3) is 4.31. The molecule has 1 aliphatic heterocycles. The van der Waals surface area contributed by atoms with E-state index in [-0.39, 0.29) is 12.2 Å². The topological polar surface area (TPSA) is 81.2 Å². The standard InChI is InChI=1S/C25H24Cl2N6O/c1-16-6-9-19(10-7-16)33-14-18(29-30-33)13-31-22-4-2-3-5-23(22)32(25(31)28)15-24(34)17-8-11-20(26)21(27)12-17/h2-12,14,24,28-30,34H,13,15H2,1H3. The van der Waals surface area contributed by atoms with Crippen molar-refractivity contribution in [3.05, 3.63) is 105 Å². The number of rotatable bonds is 6. The Hall–Kier alpha value is -3.23. The number of aryl methyl sites for hydroxylation is 1. The van der Waals surface area contributed by atoms with Crippen LogP contribution in [0.25, 0.3) is 11.0 Å². The summed E-state index contributed by atoms with van der Waals surface area (Å²) in [4.78, 5) is 0. The molecule has 3 aromatic carbocycles. The molecule has 0 saturated heterocycles. The SMILES string of the molecule is Cc1ccc(N2C=C(Cn3c(=N)n(CC(O)c4ccc(Cl)c(Cl)c4)c4ccccc43)NN2)cc1. The lowest BCUT2D eigenvalue weighted by molar-refractivity contribution is 0.155. The molecular formula is C25H24Cl2N6O. The molecule has 4 N–H and O–H groups in total. The Morgan fingerprint density at radius 3 is 2.35 bits per heavy atom. The molecule has 0 bridgehead atoms. The van der Waals surface area contributed by atoms with Crippen molar-refractivity contribution >= 4 is 39.9 Å². The molecule has 174 valence electrons. The van der Waals surface area contributed by atoms with Crippen LogP contribution in [0.4, 0.5) is 5.69 Å². The van der Waals surface area contributed by atoms with Crippen LogP contribution in [0.5, 0.6) is 0 Å². The highest BCUT2D eigenvalue weighted by atomic mass is 35.5. The van der Waals surface area contributed by atoms with E-state index in [0.29, 0.717) is 22.2 Å². The normalized spacial score (nSPS) is 14.4. The van der Waals surface area contributed by atoms with E-state index in [1.807, 2.05) is 56.7 Å². The number of aliphatic hydroxyl groups excluding tert-OH is 1. The predicted molar refractivity (Wildman–Crippen MR) is 135 cm³/mol. The van der Waals surface area contributed by atoms with Crippen molar-refractivity contribution < 1.29 is 5.11 Å². The number of hydrogen-bond acceptors (Lipinski definition) is 5. The molecule has 7 nitrogen and oxygen atoms in total. The number of aliphatic hydroxyl groups is 1. The number of hydrazine groups is 2. The van der Waals surface area contributed by atoms with Gasteiger partial charge in [0, 0.05) is 6.20 Å². The van der Waals surface area contributed by atoms with Gasteiger partial charge in [-0.2, -0.15) is 0 Å². The van der Waals surface area contributed by atoms with E-state index in [4.69, 9.17) is 28.6 Å². The van der Waals surface area contributed by atoms with Crippen LogP contribution in [0.1, 0.15) is 17.2 Å². The van der Waals surface area contributed by atoms with E-state index in [0.717, 1.165) is 22.4 Å². The third-order valence-electron chi connectivity index (χ3n) is 5.92. The molecule has 2 heterocycles. The molecule has 0 aliphatic carbocycles. The Morgan fingerprint density at radius 2 is 1.65 bits per heavy atom. The number of anilines is 1. The summed E-state index contributed by atoms with van der Waals surface area (Å²) >= 11 is 12.2. The summed E-state index contributed by atoms with van der Waals surface area (Å²) < 4.78 is 3.72. The summed E-state index contributed by atoms with van der Waals surface area (Å²) in [6.45, 7) is 2.73. The van der Waals surface area contributed by atoms with E-state index < -0.39 is 6.10 Å². The van der Waals surface area contributed by atoms with E-state index in [1.165, 1.54) is 5.56 Å². The van der Waals surface area contributed by atoms with Crippen molar-refractivity contribution in [2.75, 3.05) is 5.01 Å². The molecule has 1 aromatic heterocycles. The molecule has 0 amide bonds. The van der Waals surface area contributed by atoms with Crippen LogP contribution in [-0.4, -0.2) is 14.2 Å². The lowest BCUT2D eigenvalue weighted by Gasteiger charge is -2.15. The minimum atomic E-state index is -0.842. The minimum absolute atomic E-state index is 0.213. The molecule has 0 fully saturated rings. The monoisotopic (exact) mass is 494 g/mol. The highest BCUT2D eigenvalue weighted by molar-refractivity contribution is 6.42. The number of para-hydroxylation sites is 2. The van der Waals surface area contributed by atoms with Crippen LogP contribution in [0.2, 0.25) is 10.0 Å². The summed E-state index contributed by atoms with van der Waals surface area (Å²) in [5, 5.41) is 22.5. The first-order valence-corrected chi connectivity index (χ1v) is 11.6. The number of aromatic nitrogens is 2. The van der Waals surface area contributed by atoms with Gasteiger partial charge >= 0.3 is 0 Å². The van der Waals surface area contributed by atoms with Crippen LogP contribution < -0.4 is 21.6 Å². The molecule has 1 unspecified atom stereocenters. The minimum Gasteiger partial charge on any atom is -0.387 e. The Morgan fingerprint density at radius 1 is 0.941 bits per heavy atom. The number of hydrogen-bond donors (Lipinski definition) is 4. The number of nitrogens with zero attached hydrogens (tertiary/aromatic N) is 3. The molecule has 1 atom stereocenters. The molecule has 9 heteroatoms. The number of benzene rings is 3. The largest absolute Gasteiger partial charge is 0.387 e. The number of halogens is 2. The molecule has 4 aromatic rings. The van der Waals surface area contributed by atoms with Gasteiger partial charge in [-0.3, -0.25) is 10.4 Å². The molecule has 0 spiro atoms. The summed E-state index contributed by atoms with van der Waals surface area (Å²) in [5.74, 6) is 0. The Bertz CT molecular complexity index is 1440. The molecular weight excluding hydrogens is 471 g/mol. The van der Waals surface area contributed by atoms with E-state index >= 15 is 0 Å². The number of nitrogens with one attached hydrogen (secondary N) is 3. The number of fused-ring (bicyclic) bond motifs is 1. The van der Waals surface area contributed by atoms with Gasteiger partial charge in [0.15, 0.2) is 0 Å². The Labute approximate surface area is 206 Å². The molecule has 0 saturated carbocycles. The molecule has 34 heavy (non-hydrogen) atoms. The van der Waals surface area contributed by atoms with Crippen LogP contribution in [0.3, 0.4) is 0 Å². The summed E-state index contributed by atoms with van der Waals surface area (Å²) in [5.41, 5.74) is 12.2. The lowest BCUT2D eigenvalue weighted by Crippen LogP contribution is -2.37.